The molecule has 1 saturated heterocycles. The van der Waals surface area contributed by atoms with Gasteiger partial charge in [0.25, 0.3) is 5.91 Å². The van der Waals surface area contributed by atoms with Gasteiger partial charge in [-0.1, -0.05) is 96.2 Å². The van der Waals surface area contributed by atoms with Gasteiger partial charge in [-0.15, -0.1) is 0 Å². The smallest absolute Gasteiger partial charge is 0.253 e. The first-order chi connectivity index (χ1) is 15.0. The highest BCUT2D eigenvalue weighted by atomic mass is 35.5. The molecule has 0 aliphatic carbocycles. The molecule has 0 radical (unpaired) electrons. The molecule has 154 valence electrons. The Kier molecular flexibility index (Phi) is 5.08. The van der Waals surface area contributed by atoms with Gasteiger partial charge in [-0.05, 0) is 35.4 Å². The van der Waals surface area contributed by atoms with Crippen molar-refractivity contribution in [2.45, 2.75) is 10.8 Å². The molecule has 0 aromatic heterocycles. The third-order valence-corrected chi connectivity index (χ3v) is 7.72. The first-order valence-corrected chi connectivity index (χ1v) is 11.4. The lowest BCUT2D eigenvalue weighted by Gasteiger charge is -2.33. The quantitative estimate of drug-likeness (QED) is 0.478. The number of halogens is 1. The zero-order valence-electron chi connectivity index (χ0n) is 16.6. The number of nitrogens with zero attached hydrogens (tertiary/aromatic N) is 3. The lowest BCUT2D eigenvalue weighted by Crippen LogP contribution is -2.49. The van der Waals surface area contributed by atoms with E-state index in [1.807, 2.05) is 89.9 Å². The number of rotatable bonds is 3. The average molecular weight is 464 g/mol. The molecule has 2 heterocycles. The van der Waals surface area contributed by atoms with Crippen LogP contribution in [0.4, 0.5) is 5.69 Å². The average Bonchev–Trinajstić information content (AvgIpc) is 3.25. The number of anilines is 1. The molecule has 2 atom stereocenters. The Morgan fingerprint density at radius 2 is 1.58 bits per heavy atom. The molecule has 2 aliphatic rings. The van der Waals surface area contributed by atoms with E-state index in [-0.39, 0.29) is 11.9 Å². The van der Waals surface area contributed by atoms with Gasteiger partial charge >= 0.3 is 0 Å². The van der Waals surface area contributed by atoms with Crippen LogP contribution < -0.4 is 5.01 Å². The maximum atomic E-state index is 13.8. The summed E-state index contributed by atoms with van der Waals surface area (Å²) in [6.45, 7) is 0. The van der Waals surface area contributed by atoms with Gasteiger partial charge < -0.3 is 0 Å². The molecule has 0 N–H and O–H groups in total. The number of thioether (sulfide) groups is 1. The van der Waals surface area contributed by atoms with Gasteiger partial charge in [0.15, 0.2) is 4.75 Å². The second-order valence-corrected chi connectivity index (χ2v) is 9.73. The van der Waals surface area contributed by atoms with Crippen LogP contribution in [-0.4, -0.2) is 32.6 Å². The predicted octanol–water partition coefficient (Wildman–Crippen LogP) is 5.53. The molecule has 4 nitrogen and oxygen atoms in total. The minimum Gasteiger partial charge on any atom is -0.299 e. The monoisotopic (exact) mass is 463 g/mol. The van der Waals surface area contributed by atoms with Crippen molar-refractivity contribution >= 4 is 57.2 Å². The summed E-state index contributed by atoms with van der Waals surface area (Å²) in [5, 5.41) is 7.64. The summed E-state index contributed by atoms with van der Waals surface area (Å²) in [5.41, 5.74) is 3.46. The molecule has 2 aliphatic heterocycles. The van der Waals surface area contributed by atoms with Crippen molar-refractivity contribution in [2.24, 2.45) is 5.10 Å². The summed E-state index contributed by atoms with van der Waals surface area (Å²) in [6, 6.07) is 27.0. The van der Waals surface area contributed by atoms with Gasteiger partial charge in [-0.3, -0.25) is 14.7 Å². The van der Waals surface area contributed by atoms with E-state index in [0.29, 0.717) is 15.1 Å². The van der Waals surface area contributed by atoms with Crippen molar-refractivity contribution in [3.63, 3.8) is 0 Å². The van der Waals surface area contributed by atoms with Crippen molar-refractivity contribution in [3.8, 4) is 0 Å². The number of hydrogen-bond acceptors (Lipinski definition) is 5. The minimum atomic E-state index is -1.00. The van der Waals surface area contributed by atoms with E-state index in [1.54, 1.807) is 11.9 Å². The molecule has 3 aromatic rings. The standard InChI is InChI=1S/C24H18ClN3OS2/c1-27-22(29)24(31-23(27)30)20(16-8-4-2-5-9-16)26-28(19-10-6-3-7-11-19)21(24)17-12-14-18(25)15-13-17/h2-15,21H,1H3. The van der Waals surface area contributed by atoms with Crippen LogP contribution in [0.15, 0.2) is 90.0 Å². The van der Waals surface area contributed by atoms with Crippen molar-refractivity contribution in [1.29, 1.82) is 0 Å². The van der Waals surface area contributed by atoms with E-state index >= 15 is 0 Å². The van der Waals surface area contributed by atoms with Crippen LogP contribution in [-0.2, 0) is 4.79 Å². The van der Waals surface area contributed by atoms with Gasteiger partial charge in [0.1, 0.15) is 10.4 Å². The van der Waals surface area contributed by atoms with Crippen molar-refractivity contribution in [2.75, 3.05) is 12.1 Å². The number of thiocarbonyl (C=S) groups is 1. The van der Waals surface area contributed by atoms with Crippen LogP contribution in [0.25, 0.3) is 0 Å². The number of hydrazone groups is 1. The van der Waals surface area contributed by atoms with E-state index in [1.165, 1.54) is 11.8 Å². The van der Waals surface area contributed by atoms with E-state index in [2.05, 4.69) is 0 Å². The highest BCUT2D eigenvalue weighted by Gasteiger charge is 2.64. The van der Waals surface area contributed by atoms with E-state index in [0.717, 1.165) is 16.8 Å². The fourth-order valence-corrected chi connectivity index (χ4v) is 6.05. The molecule has 31 heavy (non-hydrogen) atoms. The van der Waals surface area contributed by atoms with Crippen molar-refractivity contribution in [3.05, 3.63) is 101 Å². The number of hydrogen-bond donors (Lipinski definition) is 0. The molecule has 0 saturated carbocycles. The Hall–Kier alpha value is -2.67. The van der Waals surface area contributed by atoms with Gasteiger partial charge in [-0.25, -0.2) is 0 Å². The van der Waals surface area contributed by atoms with E-state index in [4.69, 9.17) is 28.9 Å². The van der Waals surface area contributed by atoms with Crippen LogP contribution >= 0.6 is 35.6 Å². The largest absolute Gasteiger partial charge is 0.299 e. The molecule has 2 unspecified atom stereocenters. The Labute approximate surface area is 195 Å². The lowest BCUT2D eigenvalue weighted by molar-refractivity contribution is -0.126. The van der Waals surface area contributed by atoms with Crippen LogP contribution in [0.2, 0.25) is 5.02 Å². The predicted molar refractivity (Wildman–Crippen MR) is 132 cm³/mol. The number of benzene rings is 3. The van der Waals surface area contributed by atoms with Crippen LogP contribution in [0.3, 0.4) is 0 Å². The number of amides is 1. The van der Waals surface area contributed by atoms with Crippen LogP contribution in [0, 0.1) is 0 Å². The summed E-state index contributed by atoms with van der Waals surface area (Å²) in [7, 11) is 1.74. The Morgan fingerprint density at radius 3 is 2.16 bits per heavy atom. The number of carbonyl (C=O) groups excluding carboxylic acids is 1. The van der Waals surface area contributed by atoms with Crippen molar-refractivity contribution < 1.29 is 4.79 Å². The van der Waals surface area contributed by atoms with Gasteiger partial charge in [0.2, 0.25) is 0 Å². The summed E-state index contributed by atoms with van der Waals surface area (Å²) in [5.74, 6) is -0.0662. The van der Waals surface area contributed by atoms with E-state index < -0.39 is 4.75 Å². The Bertz CT molecular complexity index is 1180. The molecule has 7 heteroatoms. The molecular formula is C24H18ClN3OS2. The number of para-hydroxylation sites is 1. The third kappa shape index (κ3) is 3.17. The SMILES string of the molecule is CN1C(=O)C2(SC1=S)C(c1ccccc1)=NN(c1ccccc1)C2c1ccc(Cl)cc1. The summed E-state index contributed by atoms with van der Waals surface area (Å²) in [4.78, 5) is 15.4. The number of carbonyl (C=O) groups is 1. The summed E-state index contributed by atoms with van der Waals surface area (Å²) < 4.78 is -0.459. The topological polar surface area (TPSA) is 35.9 Å². The summed E-state index contributed by atoms with van der Waals surface area (Å²) in [6.07, 6.45) is 0. The summed E-state index contributed by atoms with van der Waals surface area (Å²) >= 11 is 13.2. The van der Waals surface area contributed by atoms with Gasteiger partial charge in [-0.2, -0.15) is 5.10 Å². The molecule has 0 bridgehead atoms. The lowest BCUT2D eigenvalue weighted by atomic mass is 9.85. The molecule has 5 rings (SSSR count). The fourth-order valence-electron chi connectivity index (χ4n) is 4.12. The molecule has 1 amide bonds. The second kappa shape index (κ2) is 7.79. The van der Waals surface area contributed by atoms with E-state index in [9.17, 15) is 4.79 Å². The normalized spacial score (nSPS) is 23.0. The van der Waals surface area contributed by atoms with Crippen LogP contribution in [0.1, 0.15) is 17.2 Å². The molecule has 1 fully saturated rings. The first-order valence-electron chi connectivity index (χ1n) is 9.78. The molecule has 3 aromatic carbocycles. The minimum absolute atomic E-state index is 0.0662. The van der Waals surface area contributed by atoms with Crippen molar-refractivity contribution in [1.82, 2.24) is 4.90 Å². The second-order valence-electron chi connectivity index (χ2n) is 7.42. The first kappa shape index (κ1) is 20.2. The van der Waals surface area contributed by atoms with Crippen LogP contribution in [0.5, 0.6) is 0 Å². The Balaban J connectivity index is 1.78. The maximum Gasteiger partial charge on any atom is 0.253 e. The molecular weight excluding hydrogens is 446 g/mol. The zero-order chi connectivity index (χ0) is 21.6. The highest BCUT2D eigenvalue weighted by molar-refractivity contribution is 8.25. The highest BCUT2D eigenvalue weighted by Crippen LogP contribution is 2.55. The zero-order valence-corrected chi connectivity index (χ0v) is 19.0. The van der Waals surface area contributed by atoms with Gasteiger partial charge in [0, 0.05) is 12.1 Å². The maximum absolute atomic E-state index is 13.8. The Morgan fingerprint density at radius 1 is 0.968 bits per heavy atom. The fraction of sp³-hybridized carbons (Fsp3) is 0.125. The third-order valence-electron chi connectivity index (χ3n) is 5.59. The molecule has 1 spiro atoms. The van der Waals surface area contributed by atoms with Gasteiger partial charge in [0.05, 0.1) is 11.4 Å².